The molecule has 150 valence electrons. The molecule has 0 atom stereocenters. The quantitative estimate of drug-likeness (QED) is 0.527. The summed E-state index contributed by atoms with van der Waals surface area (Å²) in [6.07, 6.45) is 0. The highest BCUT2D eigenvalue weighted by atomic mass is 16.5. The van der Waals surface area contributed by atoms with Crippen LogP contribution < -0.4 is 25.0 Å². The zero-order valence-electron chi connectivity index (χ0n) is 16.4. The molecule has 9 heteroatoms. The molecule has 2 rings (SSSR count). The number of carbonyl (C=O) groups is 2. The lowest BCUT2D eigenvalue weighted by molar-refractivity contribution is -0.120. The first-order chi connectivity index (χ1) is 13.4. The predicted octanol–water partition coefficient (Wildman–Crippen LogP) is 1.88. The molecule has 0 unspecified atom stereocenters. The van der Waals surface area contributed by atoms with E-state index >= 15 is 0 Å². The highest BCUT2D eigenvalue weighted by Gasteiger charge is 2.17. The van der Waals surface area contributed by atoms with Crippen LogP contribution in [0.3, 0.4) is 0 Å². The molecule has 0 saturated carbocycles. The number of hydrogen-bond acceptors (Lipinski definition) is 7. The smallest absolute Gasteiger partial charge is 0.259 e. The monoisotopic (exact) mass is 389 g/mol. The maximum absolute atomic E-state index is 12.4. The fourth-order valence-electron chi connectivity index (χ4n) is 2.34. The van der Waals surface area contributed by atoms with E-state index in [1.807, 2.05) is 6.92 Å². The number of benzene rings is 1. The highest BCUT2D eigenvalue weighted by molar-refractivity contribution is 5.99. The van der Waals surface area contributed by atoms with Crippen LogP contribution in [-0.2, 0) is 4.79 Å². The molecule has 0 bridgehead atoms. The Kier molecular flexibility index (Phi) is 7.02. The second-order valence-corrected chi connectivity index (χ2v) is 5.74. The van der Waals surface area contributed by atoms with Crippen LogP contribution in [0.25, 0.3) is 0 Å². The van der Waals surface area contributed by atoms with Crippen molar-refractivity contribution in [1.29, 1.82) is 0 Å². The van der Waals surface area contributed by atoms with Gasteiger partial charge in [0.25, 0.3) is 11.8 Å². The van der Waals surface area contributed by atoms with E-state index in [1.54, 1.807) is 19.1 Å². The average molecular weight is 389 g/mol. The maximum Gasteiger partial charge on any atom is 0.259 e. The number of nitrogens with one attached hydrogen (secondary N) is 2. The summed E-state index contributed by atoms with van der Waals surface area (Å²) < 4.78 is 21.1. The number of hydrazone groups is 1. The molecule has 1 aromatic carbocycles. The van der Waals surface area contributed by atoms with Crippen molar-refractivity contribution >= 4 is 17.5 Å². The van der Waals surface area contributed by atoms with Gasteiger partial charge in [-0.05, 0) is 38.1 Å². The fraction of sp³-hybridized carbons (Fsp3) is 0.316. The van der Waals surface area contributed by atoms with Gasteiger partial charge < -0.3 is 23.9 Å². The molecule has 0 saturated heterocycles. The first-order valence-electron chi connectivity index (χ1n) is 8.37. The molecule has 2 aromatic rings. The number of nitrogens with zero attached hydrogens (tertiary/aromatic N) is 1. The Balaban J connectivity index is 1.98. The van der Waals surface area contributed by atoms with E-state index in [0.717, 1.165) is 5.76 Å². The third-order valence-corrected chi connectivity index (χ3v) is 3.78. The number of methoxy groups -OCH3 is 3. The van der Waals surface area contributed by atoms with Crippen molar-refractivity contribution in [2.45, 2.75) is 13.8 Å². The number of carbonyl (C=O) groups excluding carboxylic acids is 2. The molecule has 1 heterocycles. The summed E-state index contributed by atoms with van der Waals surface area (Å²) in [6, 6.07) is 6.55. The molecule has 2 amide bonds. The molecule has 0 aliphatic heterocycles. The van der Waals surface area contributed by atoms with Gasteiger partial charge in [0.15, 0.2) is 11.5 Å². The predicted molar refractivity (Wildman–Crippen MR) is 102 cm³/mol. The van der Waals surface area contributed by atoms with E-state index in [4.69, 9.17) is 18.6 Å². The SMILES string of the molecule is COc1cc(C(=O)NCC(=O)N/N=C(\C)c2ccc(C)o2)cc(OC)c1OC. The third-order valence-electron chi connectivity index (χ3n) is 3.78. The summed E-state index contributed by atoms with van der Waals surface area (Å²) >= 11 is 0. The van der Waals surface area contributed by atoms with E-state index in [2.05, 4.69) is 15.8 Å². The number of ether oxygens (including phenoxy) is 3. The standard InChI is InChI=1S/C19H23N3O6/c1-11-6-7-14(28-11)12(2)21-22-17(23)10-20-19(24)13-8-15(25-3)18(27-5)16(9-13)26-4/h6-9H,10H2,1-5H3,(H,20,24)(H,22,23)/b21-12+. The summed E-state index contributed by atoms with van der Waals surface area (Å²) in [4.78, 5) is 24.3. The second kappa shape index (κ2) is 9.45. The van der Waals surface area contributed by atoms with Crippen LogP contribution in [0.5, 0.6) is 17.2 Å². The van der Waals surface area contributed by atoms with Gasteiger partial charge in [-0.3, -0.25) is 9.59 Å². The zero-order chi connectivity index (χ0) is 20.7. The normalized spacial score (nSPS) is 11.0. The number of amides is 2. The molecule has 9 nitrogen and oxygen atoms in total. The Bertz CT molecular complexity index is 863. The minimum Gasteiger partial charge on any atom is -0.493 e. The van der Waals surface area contributed by atoms with Crippen LogP contribution in [0.4, 0.5) is 0 Å². The van der Waals surface area contributed by atoms with E-state index in [1.165, 1.54) is 33.5 Å². The second-order valence-electron chi connectivity index (χ2n) is 5.74. The largest absolute Gasteiger partial charge is 0.493 e. The Hall–Kier alpha value is -3.49. The number of hydrogen-bond donors (Lipinski definition) is 2. The first kappa shape index (κ1) is 20.8. The van der Waals surface area contributed by atoms with E-state index in [-0.39, 0.29) is 12.1 Å². The van der Waals surface area contributed by atoms with Gasteiger partial charge in [-0.1, -0.05) is 0 Å². The highest BCUT2D eigenvalue weighted by Crippen LogP contribution is 2.38. The van der Waals surface area contributed by atoms with Gasteiger partial charge in [0.05, 0.1) is 27.9 Å². The lowest BCUT2D eigenvalue weighted by atomic mass is 10.1. The Labute approximate surface area is 162 Å². The Morgan fingerprint density at radius 2 is 1.71 bits per heavy atom. The van der Waals surface area contributed by atoms with E-state index in [9.17, 15) is 9.59 Å². The van der Waals surface area contributed by atoms with Crippen LogP contribution in [-0.4, -0.2) is 45.4 Å². The Morgan fingerprint density at radius 3 is 2.21 bits per heavy atom. The summed E-state index contributed by atoms with van der Waals surface area (Å²) in [6.45, 7) is 3.25. The molecule has 1 aromatic heterocycles. The molecule has 0 fully saturated rings. The minimum absolute atomic E-state index is 0.257. The molecule has 2 N–H and O–H groups in total. The van der Waals surface area contributed by atoms with Crippen molar-refractivity contribution < 1.29 is 28.2 Å². The van der Waals surface area contributed by atoms with Gasteiger partial charge >= 0.3 is 0 Å². The molecular formula is C19H23N3O6. The van der Waals surface area contributed by atoms with Crippen molar-refractivity contribution in [3.8, 4) is 17.2 Å². The van der Waals surface area contributed by atoms with E-state index in [0.29, 0.717) is 28.7 Å². The maximum atomic E-state index is 12.4. The first-order valence-corrected chi connectivity index (χ1v) is 8.37. The average Bonchev–Trinajstić information content (AvgIpc) is 3.15. The molecular weight excluding hydrogens is 366 g/mol. The van der Waals surface area contributed by atoms with Gasteiger partial charge in [0.2, 0.25) is 5.75 Å². The van der Waals surface area contributed by atoms with Crippen molar-refractivity contribution in [2.75, 3.05) is 27.9 Å². The zero-order valence-corrected chi connectivity index (χ0v) is 16.4. The summed E-state index contributed by atoms with van der Waals surface area (Å²) in [5.41, 5.74) is 3.13. The third kappa shape index (κ3) is 5.03. The lowest BCUT2D eigenvalue weighted by Gasteiger charge is -2.14. The van der Waals surface area contributed by atoms with Crippen LogP contribution in [0.2, 0.25) is 0 Å². The lowest BCUT2D eigenvalue weighted by Crippen LogP contribution is -2.35. The molecule has 0 aliphatic rings. The topological polar surface area (TPSA) is 111 Å². The van der Waals surface area contributed by atoms with Crippen molar-refractivity contribution in [1.82, 2.24) is 10.7 Å². The van der Waals surface area contributed by atoms with Crippen molar-refractivity contribution in [2.24, 2.45) is 5.10 Å². The Morgan fingerprint density at radius 1 is 1.07 bits per heavy atom. The number of rotatable bonds is 8. The van der Waals surface area contributed by atoms with Crippen LogP contribution in [0.1, 0.15) is 28.8 Å². The molecule has 0 radical (unpaired) electrons. The summed E-state index contributed by atoms with van der Waals surface area (Å²) in [5, 5.41) is 6.46. The molecule has 0 aliphatic carbocycles. The summed E-state index contributed by atoms with van der Waals surface area (Å²) in [5.74, 6) is 1.39. The fourth-order valence-corrected chi connectivity index (χ4v) is 2.34. The van der Waals surface area contributed by atoms with Crippen LogP contribution >= 0.6 is 0 Å². The van der Waals surface area contributed by atoms with Crippen LogP contribution in [0.15, 0.2) is 33.8 Å². The number of furan rings is 1. The molecule has 28 heavy (non-hydrogen) atoms. The summed E-state index contributed by atoms with van der Waals surface area (Å²) in [7, 11) is 4.37. The van der Waals surface area contributed by atoms with Gasteiger partial charge in [-0.25, -0.2) is 5.43 Å². The number of aryl methyl sites for hydroxylation is 1. The van der Waals surface area contributed by atoms with Gasteiger partial charge in [-0.2, -0.15) is 5.10 Å². The van der Waals surface area contributed by atoms with Crippen molar-refractivity contribution in [3.05, 3.63) is 41.3 Å². The van der Waals surface area contributed by atoms with Gasteiger partial charge in [-0.15, -0.1) is 0 Å². The van der Waals surface area contributed by atoms with Crippen LogP contribution in [0, 0.1) is 6.92 Å². The van der Waals surface area contributed by atoms with E-state index < -0.39 is 11.8 Å². The molecule has 0 spiro atoms. The van der Waals surface area contributed by atoms with Gasteiger partial charge in [0.1, 0.15) is 17.2 Å². The van der Waals surface area contributed by atoms with Crippen molar-refractivity contribution in [3.63, 3.8) is 0 Å². The van der Waals surface area contributed by atoms with Gasteiger partial charge in [0, 0.05) is 5.56 Å². The minimum atomic E-state index is -0.483.